The smallest absolute Gasteiger partial charge is 0.149 e. The van der Waals surface area contributed by atoms with Gasteiger partial charge in [-0.3, -0.25) is 4.98 Å². The van der Waals surface area contributed by atoms with Gasteiger partial charge < -0.3 is 11.1 Å². The number of hydrogen-bond donors (Lipinski definition) is 2. The molecule has 0 saturated heterocycles. The molecule has 2 aromatic heterocycles. The molecule has 0 spiro atoms. The van der Waals surface area contributed by atoms with Gasteiger partial charge in [-0.2, -0.15) is 0 Å². The Morgan fingerprint density at radius 3 is 2.53 bits per heavy atom. The van der Waals surface area contributed by atoms with Crippen LogP contribution in [0, 0.1) is 0 Å². The van der Waals surface area contributed by atoms with Gasteiger partial charge in [0.15, 0.2) is 0 Å². The Labute approximate surface area is 113 Å². The Hall–Kier alpha value is -2.01. The minimum absolute atomic E-state index is 0.0874. The van der Waals surface area contributed by atoms with E-state index in [1.54, 1.807) is 6.20 Å². The fraction of sp³-hybridized carbons (Fsp3) is 0.357. The third-order valence-corrected chi connectivity index (χ3v) is 2.83. The summed E-state index contributed by atoms with van der Waals surface area (Å²) in [6.45, 7) is 4.82. The zero-order chi connectivity index (χ0) is 13.7. The van der Waals surface area contributed by atoms with Crippen LogP contribution in [0.4, 0.5) is 5.82 Å². The molecular formula is C14H19N5. The number of hydrogen-bond acceptors (Lipinski definition) is 5. The normalized spacial score (nSPS) is 11.3. The van der Waals surface area contributed by atoms with Crippen molar-refractivity contribution in [2.75, 3.05) is 11.9 Å². The van der Waals surface area contributed by atoms with E-state index in [1.807, 2.05) is 30.3 Å². The molecule has 2 rings (SSSR count). The fourth-order valence-corrected chi connectivity index (χ4v) is 1.82. The van der Waals surface area contributed by atoms with E-state index < -0.39 is 0 Å². The number of aromatic nitrogens is 3. The maximum absolute atomic E-state index is 5.58. The van der Waals surface area contributed by atoms with Gasteiger partial charge in [0.1, 0.15) is 11.5 Å². The van der Waals surface area contributed by atoms with Gasteiger partial charge >= 0.3 is 0 Å². The Bertz CT molecular complexity index is 507. The van der Waals surface area contributed by atoms with Crippen LogP contribution in [0.25, 0.3) is 11.4 Å². The summed E-state index contributed by atoms with van der Waals surface area (Å²) in [6.07, 6.45) is 2.62. The molecule has 0 atom stereocenters. The van der Waals surface area contributed by atoms with Gasteiger partial charge in [0, 0.05) is 11.7 Å². The monoisotopic (exact) mass is 257 g/mol. The lowest BCUT2D eigenvalue weighted by molar-refractivity contribution is 0.523. The first-order valence-electron chi connectivity index (χ1n) is 6.34. The predicted molar refractivity (Wildman–Crippen MR) is 76.6 cm³/mol. The second-order valence-corrected chi connectivity index (χ2v) is 5.07. The van der Waals surface area contributed by atoms with Crippen LogP contribution in [-0.2, 0) is 0 Å². The summed E-state index contributed by atoms with van der Waals surface area (Å²) in [6, 6.07) is 9.55. The molecule has 19 heavy (non-hydrogen) atoms. The van der Waals surface area contributed by atoms with Gasteiger partial charge in [-0.05, 0) is 51.1 Å². The molecule has 0 aromatic carbocycles. The molecule has 0 radical (unpaired) electrons. The van der Waals surface area contributed by atoms with Gasteiger partial charge in [-0.25, -0.2) is 0 Å². The Kier molecular flexibility index (Phi) is 4.06. The van der Waals surface area contributed by atoms with Gasteiger partial charge in [-0.1, -0.05) is 6.07 Å². The molecule has 2 aromatic rings. The molecule has 5 nitrogen and oxygen atoms in total. The quantitative estimate of drug-likeness (QED) is 0.857. The molecule has 0 aliphatic rings. The zero-order valence-electron chi connectivity index (χ0n) is 11.3. The van der Waals surface area contributed by atoms with Crippen LogP contribution in [0.3, 0.4) is 0 Å². The van der Waals surface area contributed by atoms with Crippen molar-refractivity contribution in [3.05, 3.63) is 36.5 Å². The Morgan fingerprint density at radius 1 is 1.11 bits per heavy atom. The third kappa shape index (κ3) is 3.72. The third-order valence-electron chi connectivity index (χ3n) is 2.83. The number of pyridine rings is 1. The number of nitrogens with one attached hydrogen (secondary N) is 1. The lowest BCUT2D eigenvalue weighted by Gasteiger charge is -2.25. The predicted octanol–water partition coefficient (Wildman–Crippen LogP) is 2.08. The average Bonchev–Trinajstić information content (AvgIpc) is 2.40. The van der Waals surface area contributed by atoms with Crippen molar-refractivity contribution in [3.8, 4) is 11.4 Å². The highest BCUT2D eigenvalue weighted by Crippen LogP contribution is 2.17. The summed E-state index contributed by atoms with van der Waals surface area (Å²) in [5.41, 5.74) is 7.09. The van der Waals surface area contributed by atoms with E-state index in [-0.39, 0.29) is 5.54 Å². The highest BCUT2D eigenvalue weighted by atomic mass is 15.2. The molecular weight excluding hydrogens is 238 g/mol. The van der Waals surface area contributed by atoms with E-state index in [0.29, 0.717) is 6.54 Å². The maximum atomic E-state index is 5.58. The first-order valence-corrected chi connectivity index (χ1v) is 6.34. The van der Waals surface area contributed by atoms with Crippen molar-refractivity contribution in [2.45, 2.75) is 25.8 Å². The van der Waals surface area contributed by atoms with Crippen molar-refractivity contribution in [3.63, 3.8) is 0 Å². The summed E-state index contributed by atoms with van der Waals surface area (Å²) in [5, 5.41) is 11.7. The standard InChI is InChI=1S/C14H19N5/c1-14(2,8-9-15)17-13-7-6-12(18-19-13)11-5-3-4-10-16-11/h3-7,10H,8-9,15H2,1-2H3,(H,17,19). The van der Waals surface area contributed by atoms with E-state index in [9.17, 15) is 0 Å². The van der Waals surface area contributed by atoms with Gasteiger partial charge in [0.05, 0.1) is 5.69 Å². The molecule has 0 aliphatic heterocycles. The largest absolute Gasteiger partial charge is 0.364 e. The van der Waals surface area contributed by atoms with E-state index in [1.165, 1.54) is 0 Å². The maximum Gasteiger partial charge on any atom is 0.149 e. The van der Waals surface area contributed by atoms with Crippen LogP contribution in [0.15, 0.2) is 36.5 Å². The second-order valence-electron chi connectivity index (χ2n) is 5.07. The first-order chi connectivity index (χ1) is 9.11. The van der Waals surface area contributed by atoms with E-state index >= 15 is 0 Å². The minimum atomic E-state index is -0.0874. The molecule has 0 bridgehead atoms. The lowest BCUT2D eigenvalue weighted by atomic mass is 10.0. The van der Waals surface area contributed by atoms with E-state index in [2.05, 4.69) is 34.3 Å². The van der Waals surface area contributed by atoms with Gasteiger partial charge in [0.2, 0.25) is 0 Å². The molecule has 5 heteroatoms. The van der Waals surface area contributed by atoms with Crippen LogP contribution in [0.5, 0.6) is 0 Å². The summed E-state index contributed by atoms with van der Waals surface area (Å²) >= 11 is 0. The molecule has 0 fully saturated rings. The second kappa shape index (κ2) is 5.75. The SMILES string of the molecule is CC(C)(CCN)Nc1ccc(-c2ccccn2)nn1. The van der Waals surface area contributed by atoms with Crippen LogP contribution in [0.1, 0.15) is 20.3 Å². The summed E-state index contributed by atoms with van der Waals surface area (Å²) in [4.78, 5) is 4.24. The first kappa shape index (κ1) is 13.4. The summed E-state index contributed by atoms with van der Waals surface area (Å²) in [5.74, 6) is 0.748. The molecule has 3 N–H and O–H groups in total. The molecule has 100 valence electrons. The number of nitrogens with zero attached hydrogens (tertiary/aromatic N) is 3. The minimum Gasteiger partial charge on any atom is -0.364 e. The van der Waals surface area contributed by atoms with Crippen molar-refractivity contribution in [2.24, 2.45) is 5.73 Å². The highest BCUT2D eigenvalue weighted by molar-refractivity contribution is 5.54. The highest BCUT2D eigenvalue weighted by Gasteiger charge is 2.16. The fourth-order valence-electron chi connectivity index (χ4n) is 1.82. The molecule has 0 amide bonds. The van der Waals surface area contributed by atoms with Crippen molar-refractivity contribution in [1.29, 1.82) is 0 Å². The topological polar surface area (TPSA) is 76.7 Å². The zero-order valence-corrected chi connectivity index (χ0v) is 11.3. The van der Waals surface area contributed by atoms with E-state index in [0.717, 1.165) is 23.6 Å². The Balaban J connectivity index is 2.11. The number of anilines is 1. The lowest BCUT2D eigenvalue weighted by Crippen LogP contribution is -2.33. The summed E-state index contributed by atoms with van der Waals surface area (Å²) in [7, 11) is 0. The molecule has 0 saturated carbocycles. The van der Waals surface area contributed by atoms with Crippen molar-refractivity contribution >= 4 is 5.82 Å². The van der Waals surface area contributed by atoms with Crippen molar-refractivity contribution < 1.29 is 0 Å². The van der Waals surface area contributed by atoms with Crippen molar-refractivity contribution in [1.82, 2.24) is 15.2 Å². The van der Waals surface area contributed by atoms with Crippen LogP contribution in [-0.4, -0.2) is 27.3 Å². The average molecular weight is 257 g/mol. The number of rotatable bonds is 5. The molecule has 0 unspecified atom stereocenters. The van der Waals surface area contributed by atoms with Crippen LogP contribution < -0.4 is 11.1 Å². The van der Waals surface area contributed by atoms with Crippen LogP contribution in [0.2, 0.25) is 0 Å². The Morgan fingerprint density at radius 2 is 1.95 bits per heavy atom. The molecule has 2 heterocycles. The van der Waals surface area contributed by atoms with Gasteiger partial charge in [-0.15, -0.1) is 10.2 Å². The summed E-state index contributed by atoms with van der Waals surface area (Å²) < 4.78 is 0. The van der Waals surface area contributed by atoms with Gasteiger partial charge in [0.25, 0.3) is 0 Å². The van der Waals surface area contributed by atoms with E-state index in [4.69, 9.17) is 5.73 Å². The molecule has 0 aliphatic carbocycles. The van der Waals surface area contributed by atoms with Crippen LogP contribution >= 0.6 is 0 Å². The number of nitrogens with two attached hydrogens (primary N) is 1.